The number of carbonyl (C=O) groups is 1. The number of hydrogen-bond acceptors (Lipinski definition) is 6. The lowest BCUT2D eigenvalue weighted by atomic mass is 10.0. The van der Waals surface area contributed by atoms with Gasteiger partial charge in [-0.2, -0.15) is 0 Å². The first-order valence-electron chi connectivity index (χ1n) is 8.10. The molecular weight excluding hydrogens is 338 g/mol. The topological polar surface area (TPSA) is 81.2 Å². The third kappa shape index (κ3) is 4.73. The van der Waals surface area contributed by atoms with Gasteiger partial charge in [0.2, 0.25) is 5.91 Å². The van der Waals surface area contributed by atoms with Gasteiger partial charge in [0, 0.05) is 0 Å². The van der Waals surface area contributed by atoms with E-state index in [9.17, 15) is 4.79 Å². The van der Waals surface area contributed by atoms with E-state index in [2.05, 4.69) is 22.4 Å². The van der Waals surface area contributed by atoms with Crippen molar-refractivity contribution in [3.63, 3.8) is 0 Å². The highest BCUT2D eigenvalue weighted by molar-refractivity contribution is 7.99. The molecule has 0 radical (unpaired) electrons. The number of nitrogens with one attached hydrogen (secondary N) is 1. The number of hydrogen-bond donors (Lipinski definition) is 1. The van der Waals surface area contributed by atoms with Crippen LogP contribution in [0.15, 0.2) is 62.8 Å². The van der Waals surface area contributed by atoms with Gasteiger partial charge in [-0.25, -0.2) is 0 Å². The molecule has 1 unspecified atom stereocenters. The van der Waals surface area contributed by atoms with Crippen LogP contribution in [0.1, 0.15) is 31.4 Å². The number of furan rings is 1. The van der Waals surface area contributed by atoms with Crippen LogP contribution in [0.4, 0.5) is 0 Å². The minimum atomic E-state index is -0.0648. The van der Waals surface area contributed by atoms with Crippen molar-refractivity contribution in [2.24, 2.45) is 0 Å². The van der Waals surface area contributed by atoms with E-state index in [0.29, 0.717) is 16.9 Å². The smallest absolute Gasteiger partial charge is 0.284 e. The fourth-order valence-electron chi connectivity index (χ4n) is 2.43. The fraction of sp³-hybridized carbons (Fsp3) is 0.278. The monoisotopic (exact) mass is 357 g/mol. The third-order valence-corrected chi connectivity index (χ3v) is 4.40. The lowest BCUT2D eigenvalue weighted by Crippen LogP contribution is -2.29. The van der Waals surface area contributed by atoms with Crippen LogP contribution < -0.4 is 5.32 Å². The van der Waals surface area contributed by atoms with Crippen molar-refractivity contribution in [3.05, 3.63) is 54.3 Å². The quantitative estimate of drug-likeness (QED) is 0.612. The van der Waals surface area contributed by atoms with E-state index in [0.717, 1.165) is 18.4 Å². The van der Waals surface area contributed by atoms with Crippen LogP contribution in [0, 0.1) is 0 Å². The van der Waals surface area contributed by atoms with E-state index in [1.54, 1.807) is 12.1 Å². The SMILES string of the molecule is CCCC(NC(=O)CSc1nnc(-c2ccco2)o1)c1ccccc1. The molecule has 1 N–H and O–H groups in total. The number of amides is 1. The van der Waals surface area contributed by atoms with Crippen molar-refractivity contribution in [1.29, 1.82) is 0 Å². The Labute approximate surface area is 150 Å². The molecule has 3 rings (SSSR count). The Morgan fingerprint density at radius 1 is 1.20 bits per heavy atom. The van der Waals surface area contributed by atoms with Crippen molar-refractivity contribution in [2.75, 3.05) is 5.75 Å². The normalized spacial score (nSPS) is 12.0. The second-order valence-corrected chi connectivity index (χ2v) is 6.39. The highest BCUT2D eigenvalue weighted by Crippen LogP contribution is 2.24. The van der Waals surface area contributed by atoms with E-state index in [1.165, 1.54) is 18.0 Å². The van der Waals surface area contributed by atoms with Gasteiger partial charge in [-0.3, -0.25) is 4.79 Å². The Balaban J connectivity index is 1.55. The van der Waals surface area contributed by atoms with Crippen molar-refractivity contribution in [2.45, 2.75) is 31.0 Å². The van der Waals surface area contributed by atoms with Gasteiger partial charge in [-0.05, 0) is 24.1 Å². The van der Waals surface area contributed by atoms with Gasteiger partial charge < -0.3 is 14.2 Å². The Bertz CT molecular complexity index is 787. The van der Waals surface area contributed by atoms with E-state index >= 15 is 0 Å². The van der Waals surface area contributed by atoms with Gasteiger partial charge in [0.1, 0.15) is 0 Å². The number of aromatic nitrogens is 2. The lowest BCUT2D eigenvalue weighted by molar-refractivity contribution is -0.119. The second-order valence-electron chi connectivity index (χ2n) is 5.46. The van der Waals surface area contributed by atoms with E-state index in [1.807, 2.05) is 30.3 Å². The summed E-state index contributed by atoms with van der Waals surface area (Å²) < 4.78 is 10.7. The summed E-state index contributed by atoms with van der Waals surface area (Å²) in [5, 5.41) is 11.2. The van der Waals surface area contributed by atoms with Crippen molar-refractivity contribution >= 4 is 17.7 Å². The molecule has 0 saturated carbocycles. The summed E-state index contributed by atoms with van der Waals surface area (Å²) in [7, 11) is 0. The highest BCUT2D eigenvalue weighted by atomic mass is 32.2. The molecule has 25 heavy (non-hydrogen) atoms. The Hall–Kier alpha value is -2.54. The van der Waals surface area contributed by atoms with Gasteiger partial charge in [-0.1, -0.05) is 55.4 Å². The Morgan fingerprint density at radius 2 is 2.04 bits per heavy atom. The lowest BCUT2D eigenvalue weighted by Gasteiger charge is -2.18. The van der Waals surface area contributed by atoms with Crippen LogP contribution in [-0.2, 0) is 4.79 Å². The molecular formula is C18H19N3O3S. The molecule has 1 aromatic carbocycles. The summed E-state index contributed by atoms with van der Waals surface area (Å²) in [6.07, 6.45) is 3.42. The zero-order valence-electron chi connectivity index (χ0n) is 13.8. The number of thioether (sulfide) groups is 1. The number of benzene rings is 1. The van der Waals surface area contributed by atoms with Crippen molar-refractivity contribution < 1.29 is 13.6 Å². The molecule has 6 nitrogen and oxygen atoms in total. The van der Waals surface area contributed by atoms with Gasteiger partial charge in [0.25, 0.3) is 11.1 Å². The maximum absolute atomic E-state index is 12.3. The third-order valence-electron chi connectivity index (χ3n) is 3.58. The molecule has 0 aliphatic heterocycles. The molecule has 0 aliphatic carbocycles. The van der Waals surface area contributed by atoms with E-state index < -0.39 is 0 Å². The molecule has 0 spiro atoms. The number of carbonyl (C=O) groups excluding carboxylic acids is 1. The summed E-state index contributed by atoms with van der Waals surface area (Å²) in [5.74, 6) is 0.967. The van der Waals surface area contributed by atoms with Crippen LogP contribution in [0.25, 0.3) is 11.7 Å². The maximum atomic E-state index is 12.3. The van der Waals surface area contributed by atoms with Crippen LogP contribution in [0.2, 0.25) is 0 Å². The minimum Gasteiger partial charge on any atom is -0.459 e. The van der Waals surface area contributed by atoms with Gasteiger partial charge in [0.05, 0.1) is 18.1 Å². The number of rotatable bonds is 8. The highest BCUT2D eigenvalue weighted by Gasteiger charge is 2.16. The largest absolute Gasteiger partial charge is 0.459 e. The summed E-state index contributed by atoms with van der Waals surface area (Å²) in [6, 6.07) is 13.5. The van der Waals surface area contributed by atoms with Crippen LogP contribution in [0.5, 0.6) is 0 Å². The van der Waals surface area contributed by atoms with Gasteiger partial charge in [0.15, 0.2) is 5.76 Å². The zero-order chi connectivity index (χ0) is 17.5. The van der Waals surface area contributed by atoms with Crippen LogP contribution >= 0.6 is 11.8 Å². The molecule has 0 fully saturated rings. The molecule has 2 aromatic heterocycles. The van der Waals surface area contributed by atoms with Crippen LogP contribution in [-0.4, -0.2) is 21.9 Å². The number of nitrogens with zero attached hydrogens (tertiary/aromatic N) is 2. The first-order chi connectivity index (χ1) is 12.3. The predicted octanol–water partition coefficient (Wildman–Crippen LogP) is 4.08. The van der Waals surface area contributed by atoms with Crippen molar-refractivity contribution in [1.82, 2.24) is 15.5 Å². The van der Waals surface area contributed by atoms with Gasteiger partial charge in [-0.15, -0.1) is 10.2 Å². The summed E-state index contributed by atoms with van der Waals surface area (Å²) in [5.41, 5.74) is 1.11. The Kier molecular flexibility index (Phi) is 5.90. The van der Waals surface area contributed by atoms with Crippen molar-refractivity contribution in [3.8, 4) is 11.7 Å². The summed E-state index contributed by atoms with van der Waals surface area (Å²) >= 11 is 1.21. The summed E-state index contributed by atoms with van der Waals surface area (Å²) in [4.78, 5) is 12.3. The fourth-order valence-corrected chi connectivity index (χ4v) is 3.00. The first kappa shape index (κ1) is 17.3. The predicted molar refractivity (Wildman–Crippen MR) is 95.0 cm³/mol. The second kappa shape index (κ2) is 8.53. The standard InChI is InChI=1S/C18H19N3O3S/c1-2-7-14(13-8-4-3-5-9-13)19-16(22)12-25-18-21-20-17(24-18)15-10-6-11-23-15/h3-6,8-11,14H,2,7,12H2,1H3,(H,19,22). The maximum Gasteiger partial charge on any atom is 0.284 e. The van der Waals surface area contributed by atoms with Crippen LogP contribution in [0.3, 0.4) is 0 Å². The molecule has 2 heterocycles. The zero-order valence-corrected chi connectivity index (χ0v) is 14.7. The Morgan fingerprint density at radius 3 is 2.76 bits per heavy atom. The first-order valence-corrected chi connectivity index (χ1v) is 9.09. The molecule has 0 aliphatic rings. The average molecular weight is 357 g/mol. The molecule has 3 aromatic rings. The minimum absolute atomic E-state index is 0.0145. The van der Waals surface area contributed by atoms with Gasteiger partial charge >= 0.3 is 0 Å². The average Bonchev–Trinajstić information content (AvgIpc) is 3.32. The molecule has 130 valence electrons. The summed E-state index contributed by atoms with van der Waals surface area (Å²) in [6.45, 7) is 2.10. The molecule has 1 amide bonds. The van der Waals surface area contributed by atoms with E-state index in [-0.39, 0.29) is 17.7 Å². The molecule has 0 bridgehead atoms. The molecule has 7 heteroatoms. The molecule has 0 saturated heterocycles. The van der Waals surface area contributed by atoms with E-state index in [4.69, 9.17) is 8.83 Å². The molecule has 1 atom stereocenters.